The smallest absolute Gasteiger partial charge is 0.0333 e. The van der Waals surface area contributed by atoms with Crippen molar-refractivity contribution in [2.75, 3.05) is 7.05 Å². The van der Waals surface area contributed by atoms with Crippen LogP contribution in [0.25, 0.3) is 0 Å². The van der Waals surface area contributed by atoms with Crippen LogP contribution in [0.4, 0.5) is 0 Å². The van der Waals surface area contributed by atoms with E-state index in [-0.39, 0.29) is 0 Å². The van der Waals surface area contributed by atoms with E-state index in [0.29, 0.717) is 11.5 Å². The van der Waals surface area contributed by atoms with Gasteiger partial charge in [0.05, 0.1) is 0 Å². The van der Waals surface area contributed by atoms with Crippen molar-refractivity contribution < 1.29 is 0 Å². The second kappa shape index (κ2) is 5.09. The molecular formula is C19H29NS. The molecule has 4 saturated carbocycles. The van der Waals surface area contributed by atoms with Gasteiger partial charge in [-0.15, -0.1) is 11.3 Å². The lowest BCUT2D eigenvalue weighted by Gasteiger charge is -2.57. The van der Waals surface area contributed by atoms with E-state index in [1.165, 1.54) is 35.4 Å². The summed E-state index contributed by atoms with van der Waals surface area (Å²) in [5.74, 6) is 3.21. The molecule has 0 amide bonds. The highest BCUT2D eigenvalue weighted by Crippen LogP contribution is 2.62. The van der Waals surface area contributed by atoms with E-state index in [1.807, 2.05) is 11.3 Å². The summed E-state index contributed by atoms with van der Waals surface area (Å²) < 4.78 is 0. The topological polar surface area (TPSA) is 12.0 Å². The van der Waals surface area contributed by atoms with E-state index < -0.39 is 0 Å². The van der Waals surface area contributed by atoms with Crippen molar-refractivity contribution in [1.29, 1.82) is 0 Å². The number of nitrogens with one attached hydrogen (secondary N) is 1. The lowest BCUT2D eigenvalue weighted by molar-refractivity contribution is -0.0619. The third-order valence-corrected chi connectivity index (χ3v) is 7.59. The summed E-state index contributed by atoms with van der Waals surface area (Å²) in [6.45, 7) is 4.55. The number of thiophene rings is 1. The van der Waals surface area contributed by atoms with Crippen molar-refractivity contribution in [1.82, 2.24) is 5.32 Å². The van der Waals surface area contributed by atoms with Gasteiger partial charge in [0.15, 0.2) is 0 Å². The lowest BCUT2D eigenvalue weighted by Crippen LogP contribution is -2.47. The summed E-state index contributed by atoms with van der Waals surface area (Å²) in [4.78, 5) is 2.99. The maximum absolute atomic E-state index is 3.65. The molecule has 1 aromatic heterocycles. The standard InChI is InChI=1S/C19H29NS/c1-12-4-17(13(2)21-12)18(20-3)11-19-8-14-5-15(9-19)7-16(6-14)10-19/h4,14-16,18,20H,5-11H2,1-3H3. The second-order valence-corrected chi connectivity index (χ2v) is 9.79. The van der Waals surface area contributed by atoms with E-state index in [2.05, 4.69) is 32.3 Å². The van der Waals surface area contributed by atoms with Crippen molar-refractivity contribution in [2.24, 2.45) is 23.2 Å². The third-order valence-electron chi connectivity index (χ3n) is 6.61. The Bertz CT molecular complexity index is 494. The average molecular weight is 304 g/mol. The van der Waals surface area contributed by atoms with Crippen LogP contribution in [0.2, 0.25) is 0 Å². The van der Waals surface area contributed by atoms with Crippen LogP contribution in [0.5, 0.6) is 0 Å². The highest BCUT2D eigenvalue weighted by atomic mass is 32.1. The van der Waals surface area contributed by atoms with Gasteiger partial charge in [0.25, 0.3) is 0 Å². The van der Waals surface area contributed by atoms with E-state index in [4.69, 9.17) is 0 Å². The van der Waals surface area contributed by atoms with Gasteiger partial charge in [-0.3, -0.25) is 0 Å². The molecule has 1 nitrogen and oxygen atoms in total. The molecule has 116 valence electrons. The summed E-state index contributed by atoms with van der Waals surface area (Å²) in [6.07, 6.45) is 10.6. The quantitative estimate of drug-likeness (QED) is 0.803. The molecule has 2 heteroatoms. The Balaban J connectivity index is 1.58. The van der Waals surface area contributed by atoms with Crippen molar-refractivity contribution in [3.05, 3.63) is 21.4 Å². The predicted molar refractivity (Wildman–Crippen MR) is 90.8 cm³/mol. The number of aryl methyl sites for hydroxylation is 2. The first kappa shape index (κ1) is 14.3. The van der Waals surface area contributed by atoms with E-state index in [0.717, 1.165) is 17.8 Å². The maximum atomic E-state index is 3.65. The molecule has 1 heterocycles. The van der Waals surface area contributed by atoms with Crippen LogP contribution in [0.3, 0.4) is 0 Å². The lowest BCUT2D eigenvalue weighted by atomic mass is 9.48. The first-order valence-electron chi connectivity index (χ1n) is 8.81. The summed E-state index contributed by atoms with van der Waals surface area (Å²) >= 11 is 1.97. The number of rotatable bonds is 4. The Hall–Kier alpha value is -0.340. The highest BCUT2D eigenvalue weighted by molar-refractivity contribution is 7.12. The predicted octanol–water partition coefficient (Wildman–Crippen LogP) is 5.23. The molecule has 1 unspecified atom stereocenters. The van der Waals surface area contributed by atoms with Gasteiger partial charge < -0.3 is 5.32 Å². The molecule has 0 aliphatic heterocycles. The van der Waals surface area contributed by atoms with Gasteiger partial charge in [-0.25, -0.2) is 0 Å². The average Bonchev–Trinajstić information content (AvgIpc) is 2.73. The van der Waals surface area contributed by atoms with Crippen LogP contribution in [0.1, 0.15) is 66.3 Å². The Morgan fingerprint density at radius 2 is 1.71 bits per heavy atom. The molecule has 0 saturated heterocycles. The van der Waals surface area contributed by atoms with Gasteiger partial charge in [0, 0.05) is 15.8 Å². The Kier molecular flexibility index (Phi) is 3.46. The van der Waals surface area contributed by atoms with Crippen molar-refractivity contribution in [3.63, 3.8) is 0 Å². The minimum atomic E-state index is 0.575. The zero-order chi connectivity index (χ0) is 14.6. The van der Waals surface area contributed by atoms with Crippen molar-refractivity contribution in [3.8, 4) is 0 Å². The number of hydrogen-bond donors (Lipinski definition) is 1. The zero-order valence-electron chi connectivity index (χ0n) is 13.7. The van der Waals surface area contributed by atoms with Gasteiger partial charge >= 0.3 is 0 Å². The Morgan fingerprint density at radius 3 is 2.14 bits per heavy atom. The fourth-order valence-electron chi connectivity index (χ4n) is 6.34. The summed E-state index contributed by atoms with van der Waals surface area (Å²) in [6, 6.07) is 3.01. The fraction of sp³-hybridized carbons (Fsp3) is 0.789. The van der Waals surface area contributed by atoms with Crippen molar-refractivity contribution >= 4 is 11.3 Å². The first-order chi connectivity index (χ1) is 10.1. The molecular weight excluding hydrogens is 274 g/mol. The first-order valence-corrected chi connectivity index (χ1v) is 9.63. The summed E-state index contributed by atoms with van der Waals surface area (Å²) in [7, 11) is 2.16. The molecule has 4 aliphatic carbocycles. The van der Waals surface area contributed by atoms with Gasteiger partial charge in [-0.05, 0) is 101 Å². The molecule has 21 heavy (non-hydrogen) atoms. The summed E-state index contributed by atoms with van der Waals surface area (Å²) in [5.41, 5.74) is 2.25. The van der Waals surface area contributed by atoms with Crippen molar-refractivity contribution in [2.45, 2.75) is 64.8 Å². The molecule has 0 radical (unpaired) electrons. The van der Waals surface area contributed by atoms with Gasteiger partial charge in [-0.1, -0.05) is 0 Å². The van der Waals surface area contributed by atoms with E-state index >= 15 is 0 Å². The second-order valence-electron chi connectivity index (χ2n) is 8.33. The molecule has 1 atom stereocenters. The normalized spacial score (nSPS) is 38.9. The molecule has 0 spiro atoms. The minimum absolute atomic E-state index is 0.575. The maximum Gasteiger partial charge on any atom is 0.0333 e. The number of hydrogen-bond acceptors (Lipinski definition) is 2. The molecule has 5 rings (SSSR count). The third kappa shape index (κ3) is 2.49. The highest BCUT2D eigenvalue weighted by Gasteiger charge is 2.51. The Labute approximate surface area is 133 Å². The van der Waals surface area contributed by atoms with Gasteiger partial charge in [0.1, 0.15) is 0 Å². The van der Waals surface area contributed by atoms with Crippen LogP contribution in [-0.2, 0) is 0 Å². The van der Waals surface area contributed by atoms with Crippen LogP contribution in [0.15, 0.2) is 6.07 Å². The van der Waals surface area contributed by atoms with Crippen LogP contribution in [0, 0.1) is 37.0 Å². The Morgan fingerprint density at radius 1 is 1.14 bits per heavy atom. The molecule has 4 bridgehead atoms. The van der Waals surface area contributed by atoms with Crippen LogP contribution < -0.4 is 5.32 Å². The van der Waals surface area contributed by atoms with Gasteiger partial charge in [0.2, 0.25) is 0 Å². The van der Waals surface area contributed by atoms with Crippen LogP contribution in [-0.4, -0.2) is 7.05 Å². The zero-order valence-corrected chi connectivity index (χ0v) is 14.6. The molecule has 1 aromatic rings. The molecule has 4 aliphatic rings. The molecule has 4 fully saturated rings. The SMILES string of the molecule is CNC(CC12CC3CC(CC(C3)C1)C2)c1cc(C)sc1C. The van der Waals surface area contributed by atoms with Crippen LogP contribution >= 0.6 is 11.3 Å². The van der Waals surface area contributed by atoms with E-state index in [9.17, 15) is 0 Å². The van der Waals surface area contributed by atoms with Gasteiger partial charge in [-0.2, -0.15) is 0 Å². The minimum Gasteiger partial charge on any atom is -0.313 e. The molecule has 0 aromatic carbocycles. The monoisotopic (exact) mass is 303 g/mol. The largest absolute Gasteiger partial charge is 0.313 e. The van der Waals surface area contributed by atoms with E-state index in [1.54, 1.807) is 24.8 Å². The summed E-state index contributed by atoms with van der Waals surface area (Å²) in [5, 5.41) is 3.65. The molecule has 1 N–H and O–H groups in total. The fourth-order valence-corrected chi connectivity index (χ4v) is 7.32.